The molecule has 0 aliphatic heterocycles. The molecule has 0 heterocycles. The first kappa shape index (κ1) is 8.68. The van der Waals surface area contributed by atoms with Gasteiger partial charge in [-0.1, -0.05) is 6.58 Å². The predicted octanol–water partition coefficient (Wildman–Crippen LogP) is 0.264. The standard InChI is InChI=1S/C6H10N2O2.H2/c1-4(2)5(9)8-6(10)7-3;/h1H2,2-3H3,(H2,7,8,9,10);1H. The molecule has 58 valence electrons. The number of rotatable bonds is 1. The highest BCUT2D eigenvalue weighted by molar-refractivity contribution is 6.02. The molecule has 0 saturated heterocycles. The molecule has 0 bridgehead atoms. The topological polar surface area (TPSA) is 58.2 Å². The molecule has 0 fully saturated rings. The summed E-state index contributed by atoms with van der Waals surface area (Å²) in [5, 5.41) is 4.28. The van der Waals surface area contributed by atoms with Crippen molar-refractivity contribution in [3.8, 4) is 0 Å². The van der Waals surface area contributed by atoms with Crippen LogP contribution in [0, 0.1) is 0 Å². The number of hydrogen-bond donors (Lipinski definition) is 2. The molecule has 0 rings (SSSR count). The third kappa shape index (κ3) is 2.86. The number of carbonyl (C=O) groups is 2. The molecular weight excluding hydrogens is 132 g/mol. The first-order chi connectivity index (χ1) is 4.57. The van der Waals surface area contributed by atoms with E-state index >= 15 is 0 Å². The molecule has 2 N–H and O–H groups in total. The second-order valence-corrected chi connectivity index (χ2v) is 1.81. The van der Waals surface area contributed by atoms with Gasteiger partial charge in [-0.05, 0) is 6.92 Å². The van der Waals surface area contributed by atoms with Crippen molar-refractivity contribution < 1.29 is 11.0 Å². The van der Waals surface area contributed by atoms with Crippen LogP contribution in [-0.4, -0.2) is 19.0 Å². The molecule has 0 unspecified atom stereocenters. The lowest BCUT2D eigenvalue weighted by molar-refractivity contribution is -0.116. The maximum atomic E-state index is 10.6. The van der Waals surface area contributed by atoms with Gasteiger partial charge in [0.25, 0.3) is 5.91 Å². The van der Waals surface area contributed by atoms with Crippen molar-refractivity contribution in [2.24, 2.45) is 0 Å². The van der Waals surface area contributed by atoms with E-state index in [1.807, 2.05) is 5.32 Å². The molecule has 10 heavy (non-hydrogen) atoms. The van der Waals surface area contributed by atoms with Gasteiger partial charge in [0.2, 0.25) is 0 Å². The molecule has 0 aliphatic rings. The number of urea groups is 1. The van der Waals surface area contributed by atoms with Crippen molar-refractivity contribution in [3.05, 3.63) is 12.2 Å². The zero-order valence-electron chi connectivity index (χ0n) is 6.02. The van der Waals surface area contributed by atoms with Crippen LogP contribution in [0.1, 0.15) is 8.35 Å². The molecule has 0 aromatic rings. The molecule has 0 aliphatic carbocycles. The fourth-order valence-electron chi connectivity index (χ4n) is 0.272. The average molecular weight is 144 g/mol. The first-order valence-corrected chi connectivity index (χ1v) is 2.76. The maximum absolute atomic E-state index is 10.6. The van der Waals surface area contributed by atoms with Gasteiger partial charge in [-0.15, -0.1) is 0 Å². The van der Waals surface area contributed by atoms with Crippen LogP contribution in [0.4, 0.5) is 4.79 Å². The summed E-state index contributed by atoms with van der Waals surface area (Å²) >= 11 is 0. The highest BCUT2D eigenvalue weighted by Crippen LogP contribution is 1.83. The number of imide groups is 1. The summed E-state index contributed by atoms with van der Waals surface area (Å²) < 4.78 is 0. The molecule has 0 atom stereocenters. The first-order valence-electron chi connectivity index (χ1n) is 2.76. The number of carbonyl (C=O) groups excluding carboxylic acids is 2. The predicted molar refractivity (Wildman–Crippen MR) is 39.5 cm³/mol. The van der Waals surface area contributed by atoms with Crippen LogP contribution in [-0.2, 0) is 4.79 Å². The van der Waals surface area contributed by atoms with Crippen LogP contribution in [0.15, 0.2) is 12.2 Å². The van der Waals surface area contributed by atoms with Gasteiger partial charge in [0.1, 0.15) is 0 Å². The van der Waals surface area contributed by atoms with Crippen LogP contribution in [0.5, 0.6) is 0 Å². The van der Waals surface area contributed by atoms with Gasteiger partial charge in [0.05, 0.1) is 0 Å². The Kier molecular flexibility index (Phi) is 3.17. The minimum absolute atomic E-state index is 0. The van der Waals surface area contributed by atoms with Crippen LogP contribution in [0.25, 0.3) is 0 Å². The van der Waals surface area contributed by atoms with Crippen LogP contribution < -0.4 is 10.6 Å². The summed E-state index contributed by atoms with van der Waals surface area (Å²) in [7, 11) is 1.43. The van der Waals surface area contributed by atoms with Gasteiger partial charge >= 0.3 is 6.03 Å². The van der Waals surface area contributed by atoms with Gasteiger partial charge < -0.3 is 5.32 Å². The zero-order chi connectivity index (χ0) is 8.15. The second kappa shape index (κ2) is 3.66. The zero-order valence-corrected chi connectivity index (χ0v) is 6.02. The van der Waals surface area contributed by atoms with Crippen LogP contribution in [0.3, 0.4) is 0 Å². The van der Waals surface area contributed by atoms with Gasteiger partial charge in [-0.2, -0.15) is 0 Å². The molecule has 0 aromatic carbocycles. The van der Waals surface area contributed by atoms with E-state index in [1.165, 1.54) is 14.0 Å². The lowest BCUT2D eigenvalue weighted by Crippen LogP contribution is -2.37. The minimum atomic E-state index is -0.520. The Hall–Kier alpha value is -1.32. The third-order valence-corrected chi connectivity index (χ3v) is 0.842. The largest absolute Gasteiger partial charge is 0.341 e. The fraction of sp³-hybridized carbons (Fsp3) is 0.333. The van der Waals surface area contributed by atoms with Crippen molar-refractivity contribution in [1.82, 2.24) is 10.6 Å². The number of hydrogen-bond acceptors (Lipinski definition) is 2. The number of nitrogens with one attached hydrogen (secondary N) is 2. The van der Waals surface area contributed by atoms with E-state index in [-0.39, 0.29) is 1.43 Å². The van der Waals surface area contributed by atoms with Crippen molar-refractivity contribution in [2.45, 2.75) is 6.92 Å². The van der Waals surface area contributed by atoms with Gasteiger partial charge in [0, 0.05) is 14.0 Å². The highest BCUT2D eigenvalue weighted by atomic mass is 16.2. The second-order valence-electron chi connectivity index (χ2n) is 1.81. The van der Waals surface area contributed by atoms with Gasteiger partial charge in [-0.25, -0.2) is 4.79 Å². The molecule has 4 nitrogen and oxygen atoms in total. The van der Waals surface area contributed by atoms with E-state index in [9.17, 15) is 9.59 Å². The minimum Gasteiger partial charge on any atom is -0.341 e. The summed E-state index contributed by atoms with van der Waals surface area (Å²) in [5.74, 6) is -0.459. The summed E-state index contributed by atoms with van der Waals surface area (Å²) in [6.45, 7) is 4.88. The van der Waals surface area contributed by atoms with Crippen molar-refractivity contribution in [3.63, 3.8) is 0 Å². The Labute approximate surface area is 60.8 Å². The number of amides is 3. The molecule has 4 heteroatoms. The van der Waals surface area contributed by atoms with E-state index in [1.54, 1.807) is 0 Å². The maximum Gasteiger partial charge on any atom is 0.321 e. The third-order valence-electron chi connectivity index (χ3n) is 0.842. The summed E-state index contributed by atoms with van der Waals surface area (Å²) in [6, 6.07) is -0.520. The Morgan fingerprint density at radius 1 is 1.50 bits per heavy atom. The van der Waals surface area contributed by atoms with E-state index in [2.05, 4.69) is 11.9 Å². The Bertz CT molecular complexity index is 179. The average Bonchev–Trinajstić information content (AvgIpc) is 1.87. The van der Waals surface area contributed by atoms with E-state index in [0.29, 0.717) is 5.57 Å². The SMILES string of the molecule is C=C(C)C(=O)NC(=O)NC.[HH]. The summed E-state index contributed by atoms with van der Waals surface area (Å²) in [5.41, 5.74) is 0.309. The summed E-state index contributed by atoms with van der Waals surface area (Å²) in [4.78, 5) is 21.1. The molecular formula is C6H12N2O2. The van der Waals surface area contributed by atoms with Crippen LogP contribution in [0.2, 0.25) is 0 Å². The highest BCUT2D eigenvalue weighted by Gasteiger charge is 2.04. The Balaban J connectivity index is 0. The van der Waals surface area contributed by atoms with Gasteiger partial charge in [-0.3, -0.25) is 10.1 Å². The normalized spacial score (nSPS) is 8.20. The van der Waals surface area contributed by atoms with E-state index in [0.717, 1.165) is 0 Å². The lowest BCUT2D eigenvalue weighted by Gasteiger charge is -2.00. The molecule has 0 spiro atoms. The van der Waals surface area contributed by atoms with Crippen molar-refractivity contribution in [2.75, 3.05) is 7.05 Å². The Morgan fingerprint density at radius 3 is 2.30 bits per heavy atom. The molecule has 0 radical (unpaired) electrons. The monoisotopic (exact) mass is 144 g/mol. The van der Waals surface area contributed by atoms with E-state index < -0.39 is 11.9 Å². The molecule has 0 aromatic heterocycles. The van der Waals surface area contributed by atoms with Crippen LogP contribution >= 0.6 is 0 Å². The Morgan fingerprint density at radius 2 is 2.00 bits per heavy atom. The smallest absolute Gasteiger partial charge is 0.321 e. The van der Waals surface area contributed by atoms with Gasteiger partial charge in [0.15, 0.2) is 0 Å². The lowest BCUT2D eigenvalue weighted by atomic mass is 10.3. The quantitative estimate of drug-likeness (QED) is 0.519. The van der Waals surface area contributed by atoms with E-state index in [4.69, 9.17) is 0 Å². The van der Waals surface area contributed by atoms with Crippen molar-refractivity contribution in [1.29, 1.82) is 0 Å². The molecule has 0 saturated carbocycles. The summed E-state index contributed by atoms with van der Waals surface area (Å²) in [6.07, 6.45) is 0. The fourth-order valence-corrected chi connectivity index (χ4v) is 0.272. The van der Waals surface area contributed by atoms with Crippen molar-refractivity contribution >= 4 is 11.9 Å². The molecule has 3 amide bonds.